The largest absolute Gasteiger partial charge is 0.316 e. The first-order valence-corrected chi connectivity index (χ1v) is 8.18. The average molecular weight is 371 g/mol. The van der Waals surface area contributed by atoms with Gasteiger partial charge in [-0.2, -0.15) is 0 Å². The summed E-state index contributed by atoms with van der Waals surface area (Å²) in [6, 6.07) is 13.2. The molecule has 0 aliphatic carbocycles. The van der Waals surface area contributed by atoms with Gasteiger partial charge in [-0.15, -0.1) is 0 Å². The molecule has 2 aromatic carbocycles. The van der Waals surface area contributed by atoms with Crippen LogP contribution in [0.2, 0.25) is 5.02 Å². The lowest BCUT2D eigenvalue weighted by Crippen LogP contribution is -2.22. The molecule has 1 N–H and O–H groups in total. The predicted octanol–water partition coefficient (Wildman–Crippen LogP) is 5.18. The van der Waals surface area contributed by atoms with Gasteiger partial charge in [-0.1, -0.05) is 58.7 Å². The van der Waals surface area contributed by atoms with Crippen LogP contribution in [0.4, 0.5) is 4.39 Å². The van der Waals surface area contributed by atoms with Gasteiger partial charge in [0.1, 0.15) is 5.82 Å². The molecule has 0 radical (unpaired) electrons. The number of likely N-dealkylation sites (N-methyl/N-ethyl adjacent to an activating group) is 1. The second-order valence-corrected chi connectivity index (χ2v) is 6.27. The molecule has 2 aromatic rings. The molecule has 0 saturated carbocycles. The Hall–Kier alpha value is -0.900. The summed E-state index contributed by atoms with van der Waals surface area (Å²) in [6.45, 7) is 3.81. The van der Waals surface area contributed by atoms with Crippen molar-refractivity contribution in [1.29, 1.82) is 0 Å². The highest BCUT2D eigenvalue weighted by Gasteiger charge is 2.15. The molecule has 0 fully saturated rings. The minimum absolute atomic E-state index is 0.231. The van der Waals surface area contributed by atoms with Gasteiger partial charge < -0.3 is 5.32 Å². The van der Waals surface area contributed by atoms with E-state index >= 15 is 0 Å². The summed E-state index contributed by atoms with van der Waals surface area (Å²) in [7, 11) is 0. The zero-order chi connectivity index (χ0) is 15.2. The van der Waals surface area contributed by atoms with Crippen LogP contribution in [0.1, 0.15) is 24.0 Å². The zero-order valence-corrected chi connectivity index (χ0v) is 14.2. The van der Waals surface area contributed by atoms with E-state index < -0.39 is 0 Å². The van der Waals surface area contributed by atoms with Crippen LogP contribution in [0.3, 0.4) is 0 Å². The van der Waals surface area contributed by atoms with Gasteiger partial charge in [-0.25, -0.2) is 4.39 Å². The summed E-state index contributed by atoms with van der Waals surface area (Å²) in [4.78, 5) is 0. The molecule has 0 amide bonds. The van der Waals surface area contributed by atoms with Crippen LogP contribution in [0.15, 0.2) is 46.9 Å². The average Bonchev–Trinajstić information content (AvgIpc) is 2.47. The Kier molecular flexibility index (Phi) is 6.22. The van der Waals surface area contributed by atoms with Gasteiger partial charge in [0.05, 0.1) is 5.02 Å². The van der Waals surface area contributed by atoms with Gasteiger partial charge in [-0.05, 0) is 42.3 Å². The zero-order valence-electron chi connectivity index (χ0n) is 11.9. The number of nitrogens with one attached hydrogen (secondary N) is 1. The first kappa shape index (κ1) is 16.5. The third-order valence-electron chi connectivity index (χ3n) is 3.46. The fraction of sp³-hybridized carbons (Fsp3) is 0.294. The Morgan fingerprint density at radius 3 is 2.71 bits per heavy atom. The quantitative estimate of drug-likeness (QED) is 0.739. The van der Waals surface area contributed by atoms with Crippen molar-refractivity contribution in [2.45, 2.75) is 19.3 Å². The highest BCUT2D eigenvalue weighted by molar-refractivity contribution is 9.10. The predicted molar refractivity (Wildman–Crippen MR) is 90.5 cm³/mol. The Morgan fingerprint density at radius 2 is 2.00 bits per heavy atom. The Bertz CT molecular complexity index is 603. The lowest BCUT2D eigenvalue weighted by atomic mass is 9.92. The van der Waals surface area contributed by atoms with Crippen molar-refractivity contribution in [2.24, 2.45) is 0 Å². The van der Waals surface area contributed by atoms with E-state index in [2.05, 4.69) is 40.3 Å². The standard InChI is InChI=1S/C17H18BrClFN/c1-2-21-11-14(12-5-3-7-15(18)10-12)9-13-6-4-8-16(20)17(13)19/h3-8,10,14,21H,2,9,11H2,1H3. The Labute approximate surface area is 138 Å². The third-order valence-corrected chi connectivity index (χ3v) is 4.38. The van der Waals surface area contributed by atoms with E-state index in [-0.39, 0.29) is 16.8 Å². The fourth-order valence-corrected chi connectivity index (χ4v) is 2.98. The van der Waals surface area contributed by atoms with E-state index in [0.717, 1.165) is 23.1 Å². The summed E-state index contributed by atoms with van der Waals surface area (Å²) in [5.41, 5.74) is 2.06. The minimum atomic E-state index is -0.356. The molecule has 1 unspecified atom stereocenters. The third kappa shape index (κ3) is 4.53. The number of hydrogen-bond acceptors (Lipinski definition) is 1. The highest BCUT2D eigenvalue weighted by atomic mass is 79.9. The van der Waals surface area contributed by atoms with E-state index in [0.29, 0.717) is 6.42 Å². The van der Waals surface area contributed by atoms with Gasteiger partial charge >= 0.3 is 0 Å². The van der Waals surface area contributed by atoms with Gasteiger partial charge in [0.25, 0.3) is 0 Å². The topological polar surface area (TPSA) is 12.0 Å². The number of hydrogen-bond donors (Lipinski definition) is 1. The normalized spacial score (nSPS) is 12.4. The van der Waals surface area contributed by atoms with E-state index in [9.17, 15) is 4.39 Å². The van der Waals surface area contributed by atoms with Gasteiger partial charge in [-0.3, -0.25) is 0 Å². The summed E-state index contributed by atoms with van der Waals surface area (Å²) < 4.78 is 14.6. The number of benzene rings is 2. The van der Waals surface area contributed by atoms with Gasteiger partial charge in [0.15, 0.2) is 0 Å². The molecule has 0 aromatic heterocycles. The second kappa shape index (κ2) is 7.92. The van der Waals surface area contributed by atoms with Crippen molar-refractivity contribution < 1.29 is 4.39 Å². The summed E-state index contributed by atoms with van der Waals surface area (Å²) >= 11 is 9.59. The van der Waals surface area contributed by atoms with E-state index in [1.54, 1.807) is 6.07 Å². The molecule has 1 atom stereocenters. The van der Waals surface area contributed by atoms with Crippen LogP contribution >= 0.6 is 27.5 Å². The summed E-state index contributed by atoms with van der Waals surface area (Å²) in [6.07, 6.45) is 0.708. The fourth-order valence-electron chi connectivity index (χ4n) is 2.36. The van der Waals surface area contributed by atoms with Crippen molar-refractivity contribution in [3.63, 3.8) is 0 Å². The van der Waals surface area contributed by atoms with Crippen LogP contribution in [0.5, 0.6) is 0 Å². The van der Waals surface area contributed by atoms with Gasteiger partial charge in [0.2, 0.25) is 0 Å². The molecule has 21 heavy (non-hydrogen) atoms. The number of rotatable bonds is 6. The molecule has 2 rings (SSSR count). The maximum Gasteiger partial charge on any atom is 0.142 e. The smallest absolute Gasteiger partial charge is 0.142 e. The van der Waals surface area contributed by atoms with E-state index in [4.69, 9.17) is 11.6 Å². The lowest BCUT2D eigenvalue weighted by molar-refractivity contribution is 0.588. The van der Waals surface area contributed by atoms with E-state index in [1.807, 2.05) is 18.2 Å². The SMILES string of the molecule is CCNCC(Cc1cccc(F)c1Cl)c1cccc(Br)c1. The second-order valence-electron chi connectivity index (χ2n) is 4.98. The molecule has 0 aliphatic heterocycles. The molecule has 1 nitrogen and oxygen atoms in total. The molecular formula is C17H18BrClFN. The maximum absolute atomic E-state index is 13.6. The molecule has 0 bridgehead atoms. The van der Waals surface area contributed by atoms with Gasteiger partial charge in [0, 0.05) is 16.9 Å². The van der Waals surface area contributed by atoms with Crippen LogP contribution in [0, 0.1) is 5.82 Å². The van der Waals surface area contributed by atoms with Crippen molar-refractivity contribution in [1.82, 2.24) is 5.32 Å². The molecular weight excluding hydrogens is 353 g/mol. The van der Waals surface area contributed by atoms with Crippen molar-refractivity contribution >= 4 is 27.5 Å². The van der Waals surface area contributed by atoms with Crippen LogP contribution < -0.4 is 5.32 Å². The monoisotopic (exact) mass is 369 g/mol. The molecule has 112 valence electrons. The number of halogens is 3. The molecule has 0 saturated heterocycles. The van der Waals surface area contributed by atoms with Crippen LogP contribution in [-0.2, 0) is 6.42 Å². The first-order chi connectivity index (χ1) is 10.1. The molecule has 0 spiro atoms. The molecule has 0 aliphatic rings. The maximum atomic E-state index is 13.6. The minimum Gasteiger partial charge on any atom is -0.316 e. The Balaban J connectivity index is 2.26. The Morgan fingerprint density at radius 1 is 1.24 bits per heavy atom. The lowest BCUT2D eigenvalue weighted by Gasteiger charge is -2.19. The van der Waals surface area contributed by atoms with Crippen molar-refractivity contribution in [2.75, 3.05) is 13.1 Å². The first-order valence-electron chi connectivity index (χ1n) is 7.01. The highest BCUT2D eigenvalue weighted by Crippen LogP contribution is 2.28. The summed E-state index contributed by atoms with van der Waals surface area (Å²) in [5.74, 6) is -0.104. The van der Waals surface area contributed by atoms with E-state index in [1.165, 1.54) is 11.6 Å². The van der Waals surface area contributed by atoms with Crippen LogP contribution in [0.25, 0.3) is 0 Å². The molecule has 4 heteroatoms. The van der Waals surface area contributed by atoms with Crippen molar-refractivity contribution in [3.8, 4) is 0 Å². The van der Waals surface area contributed by atoms with Crippen molar-refractivity contribution in [3.05, 3.63) is 68.9 Å². The summed E-state index contributed by atoms with van der Waals surface area (Å²) in [5, 5.41) is 3.60. The molecule has 0 heterocycles. The van der Waals surface area contributed by atoms with Crippen LogP contribution in [-0.4, -0.2) is 13.1 Å².